The van der Waals surface area contributed by atoms with E-state index >= 15 is 0 Å². The number of nitrogens with zero attached hydrogens (tertiary/aromatic N) is 1. The van der Waals surface area contributed by atoms with Gasteiger partial charge in [0, 0.05) is 0 Å². The number of nitriles is 1. The van der Waals surface area contributed by atoms with Crippen molar-refractivity contribution in [3.63, 3.8) is 0 Å². The first-order valence-electron chi connectivity index (χ1n) is 12.1. The Morgan fingerprint density at radius 3 is 2.29 bits per heavy atom. The molecule has 0 N–H and O–H groups in total. The number of hydrogen-bond donors (Lipinski definition) is 0. The minimum absolute atomic E-state index is 0.500. The number of halogens is 2. The van der Waals surface area contributed by atoms with E-state index in [2.05, 4.69) is 19.1 Å². The number of rotatable bonds is 6. The van der Waals surface area contributed by atoms with Crippen molar-refractivity contribution in [2.45, 2.75) is 77.6 Å². The zero-order valence-corrected chi connectivity index (χ0v) is 18.6. The Bertz CT molecular complexity index is 927. The molecule has 0 heterocycles. The summed E-state index contributed by atoms with van der Waals surface area (Å²) in [5, 5.41) is 8.88. The summed E-state index contributed by atoms with van der Waals surface area (Å²) in [7, 11) is 0. The molecule has 1 fully saturated rings. The normalized spacial score (nSPS) is 23.2. The molecule has 2 aromatic carbocycles. The van der Waals surface area contributed by atoms with E-state index in [0.717, 1.165) is 36.2 Å². The van der Waals surface area contributed by atoms with Crippen LogP contribution in [0.4, 0.5) is 8.78 Å². The predicted octanol–water partition coefficient (Wildman–Crippen LogP) is 8.00. The summed E-state index contributed by atoms with van der Waals surface area (Å²) in [6, 6.07) is 10.4. The summed E-state index contributed by atoms with van der Waals surface area (Å²) in [6.45, 7) is 2.28. The molecular weight excluding hydrogens is 388 g/mol. The molecule has 1 unspecified atom stereocenters. The van der Waals surface area contributed by atoms with Gasteiger partial charge in [-0.2, -0.15) is 5.26 Å². The van der Waals surface area contributed by atoms with Crippen LogP contribution >= 0.6 is 0 Å². The van der Waals surface area contributed by atoms with Crippen LogP contribution in [0, 0.1) is 40.7 Å². The topological polar surface area (TPSA) is 23.8 Å². The minimum atomic E-state index is -0.791. The summed E-state index contributed by atoms with van der Waals surface area (Å²) < 4.78 is 28.1. The summed E-state index contributed by atoms with van der Waals surface area (Å²) in [4.78, 5) is 0. The van der Waals surface area contributed by atoms with Gasteiger partial charge < -0.3 is 0 Å². The lowest BCUT2D eigenvalue weighted by atomic mass is 9.69. The molecule has 2 aliphatic carbocycles. The van der Waals surface area contributed by atoms with Crippen molar-refractivity contribution >= 4 is 0 Å². The van der Waals surface area contributed by atoms with E-state index in [0.29, 0.717) is 5.56 Å². The Kier molecular flexibility index (Phi) is 7.06. The second-order valence-electron chi connectivity index (χ2n) is 9.69. The predicted molar refractivity (Wildman–Crippen MR) is 122 cm³/mol. The van der Waals surface area contributed by atoms with Crippen LogP contribution in [0.2, 0.25) is 0 Å². The van der Waals surface area contributed by atoms with Crippen molar-refractivity contribution in [1.82, 2.24) is 0 Å². The second kappa shape index (κ2) is 9.94. The summed E-state index contributed by atoms with van der Waals surface area (Å²) in [5.74, 6) is 1.01. The molecule has 0 saturated heterocycles. The minimum Gasteiger partial charge on any atom is -0.205 e. The van der Waals surface area contributed by atoms with Crippen molar-refractivity contribution in [2.75, 3.05) is 0 Å². The summed E-state index contributed by atoms with van der Waals surface area (Å²) >= 11 is 0. The Balaban J connectivity index is 1.40. The lowest BCUT2D eigenvalue weighted by molar-refractivity contribution is 0.183. The Labute approximate surface area is 185 Å². The molecule has 0 aromatic heterocycles. The highest BCUT2D eigenvalue weighted by molar-refractivity contribution is 5.66. The number of benzene rings is 2. The van der Waals surface area contributed by atoms with Gasteiger partial charge in [-0.15, -0.1) is 0 Å². The van der Waals surface area contributed by atoms with Crippen LogP contribution in [0.15, 0.2) is 30.3 Å². The van der Waals surface area contributed by atoms with Crippen molar-refractivity contribution in [1.29, 1.82) is 5.26 Å². The molecule has 2 aromatic rings. The van der Waals surface area contributed by atoms with E-state index in [-0.39, 0.29) is 0 Å². The zero-order chi connectivity index (χ0) is 21.8. The average molecular weight is 422 g/mol. The first-order chi connectivity index (χ1) is 15.1. The third-order valence-electron chi connectivity index (χ3n) is 7.73. The number of hydrogen-bond acceptors (Lipinski definition) is 1. The van der Waals surface area contributed by atoms with Gasteiger partial charge in [0.05, 0.1) is 0 Å². The van der Waals surface area contributed by atoms with Gasteiger partial charge in [-0.3, -0.25) is 0 Å². The summed E-state index contributed by atoms with van der Waals surface area (Å²) in [6.07, 6.45) is 14.5. The van der Waals surface area contributed by atoms with Gasteiger partial charge in [-0.25, -0.2) is 8.78 Å². The highest BCUT2D eigenvalue weighted by atomic mass is 19.1. The molecule has 1 nitrogen and oxygen atoms in total. The SMILES string of the molecule is CCCCCC1CCC(C2CCc3cc(-c4cc(F)c(C#N)c(F)c4)ccc3C2)CC1. The summed E-state index contributed by atoms with van der Waals surface area (Å²) in [5.41, 5.74) is 3.53. The molecule has 3 heteroatoms. The van der Waals surface area contributed by atoms with Gasteiger partial charge in [0.2, 0.25) is 0 Å². The molecule has 164 valence electrons. The highest BCUT2D eigenvalue weighted by Gasteiger charge is 2.30. The quantitative estimate of drug-likeness (QED) is 0.434. The van der Waals surface area contributed by atoms with Crippen LogP contribution in [0.1, 0.15) is 81.4 Å². The van der Waals surface area contributed by atoms with Crippen LogP contribution in [0.25, 0.3) is 11.1 Å². The van der Waals surface area contributed by atoms with Gasteiger partial charge in [0.25, 0.3) is 0 Å². The van der Waals surface area contributed by atoms with Crippen LogP contribution in [0.3, 0.4) is 0 Å². The molecule has 0 radical (unpaired) electrons. The first kappa shape index (κ1) is 22.0. The molecule has 31 heavy (non-hydrogen) atoms. The molecule has 1 atom stereocenters. The third-order valence-corrected chi connectivity index (χ3v) is 7.73. The van der Waals surface area contributed by atoms with Crippen LogP contribution in [0.5, 0.6) is 0 Å². The lowest BCUT2D eigenvalue weighted by Crippen LogP contribution is -2.26. The highest BCUT2D eigenvalue weighted by Crippen LogP contribution is 2.41. The van der Waals surface area contributed by atoms with Gasteiger partial charge in [-0.1, -0.05) is 63.6 Å². The van der Waals surface area contributed by atoms with Crippen LogP contribution in [-0.4, -0.2) is 0 Å². The fourth-order valence-electron chi connectivity index (χ4n) is 5.84. The molecule has 0 amide bonds. The molecule has 1 saturated carbocycles. The molecule has 0 bridgehead atoms. The van der Waals surface area contributed by atoms with Crippen LogP contribution in [-0.2, 0) is 12.8 Å². The maximum Gasteiger partial charge on any atom is 0.144 e. The standard InChI is InChI=1S/C28H33F2N/c1-2-3-4-5-19-6-8-20(9-7-19)21-10-11-23-15-24(13-12-22(23)14-21)25-16-27(29)26(18-31)28(30)17-25/h12-13,15-17,19-21H,2-11,14H2,1H3. The van der Waals surface area contributed by atoms with Gasteiger partial charge in [0.1, 0.15) is 23.3 Å². The third kappa shape index (κ3) is 5.00. The van der Waals surface area contributed by atoms with Crippen molar-refractivity contribution in [2.24, 2.45) is 17.8 Å². The van der Waals surface area contributed by atoms with E-state index in [9.17, 15) is 8.78 Å². The zero-order valence-electron chi connectivity index (χ0n) is 18.6. The molecule has 0 aliphatic heterocycles. The molecule has 0 spiro atoms. The Morgan fingerprint density at radius 2 is 1.61 bits per heavy atom. The maximum atomic E-state index is 14.0. The van der Waals surface area contributed by atoms with Crippen molar-refractivity contribution in [3.05, 3.63) is 58.7 Å². The Hall–Kier alpha value is -2.21. The fraction of sp³-hybridized carbons (Fsp3) is 0.536. The smallest absolute Gasteiger partial charge is 0.144 e. The van der Waals surface area contributed by atoms with Gasteiger partial charge in [-0.05, 0) is 84.2 Å². The van der Waals surface area contributed by atoms with E-state index < -0.39 is 17.2 Å². The first-order valence-corrected chi connectivity index (χ1v) is 12.1. The van der Waals surface area contributed by atoms with E-state index in [4.69, 9.17) is 5.26 Å². The van der Waals surface area contributed by atoms with Gasteiger partial charge >= 0.3 is 0 Å². The number of aryl methyl sites for hydroxylation is 1. The van der Waals surface area contributed by atoms with Gasteiger partial charge in [0.15, 0.2) is 0 Å². The Morgan fingerprint density at radius 1 is 0.871 bits per heavy atom. The van der Waals surface area contributed by atoms with Crippen LogP contribution < -0.4 is 0 Å². The van der Waals surface area contributed by atoms with Crippen molar-refractivity contribution < 1.29 is 8.78 Å². The van der Waals surface area contributed by atoms with E-state index in [1.165, 1.54) is 81.0 Å². The average Bonchev–Trinajstić information content (AvgIpc) is 2.79. The van der Waals surface area contributed by atoms with E-state index in [1.807, 2.05) is 6.07 Å². The maximum absolute atomic E-state index is 14.0. The molecular formula is C28H33F2N. The lowest BCUT2D eigenvalue weighted by Gasteiger charge is -2.36. The number of fused-ring (bicyclic) bond motifs is 1. The second-order valence-corrected chi connectivity index (χ2v) is 9.69. The molecule has 4 rings (SSSR count). The fourth-order valence-corrected chi connectivity index (χ4v) is 5.84. The monoisotopic (exact) mass is 421 g/mol. The largest absolute Gasteiger partial charge is 0.205 e. The molecule has 2 aliphatic rings. The van der Waals surface area contributed by atoms with Crippen molar-refractivity contribution in [3.8, 4) is 17.2 Å². The number of unbranched alkanes of at least 4 members (excludes halogenated alkanes) is 2. The van der Waals surface area contributed by atoms with E-state index in [1.54, 1.807) is 6.07 Å².